The van der Waals surface area contributed by atoms with E-state index in [0.29, 0.717) is 12.1 Å². The van der Waals surface area contributed by atoms with Crippen LogP contribution in [0.4, 0.5) is 0 Å². The van der Waals surface area contributed by atoms with Crippen molar-refractivity contribution in [3.63, 3.8) is 0 Å². The van der Waals surface area contributed by atoms with Crippen LogP contribution in [-0.2, 0) is 0 Å². The average molecular weight is 284 g/mol. The monoisotopic (exact) mass is 284 g/mol. The van der Waals surface area contributed by atoms with Crippen molar-refractivity contribution in [2.24, 2.45) is 5.73 Å². The van der Waals surface area contributed by atoms with Crippen LogP contribution in [0.25, 0.3) is 5.69 Å². The van der Waals surface area contributed by atoms with Crippen molar-refractivity contribution in [3.05, 3.63) is 47.3 Å². The van der Waals surface area contributed by atoms with E-state index >= 15 is 0 Å². The zero-order valence-electron chi connectivity index (χ0n) is 12.4. The molecule has 1 aliphatic heterocycles. The summed E-state index contributed by atoms with van der Waals surface area (Å²) in [4.78, 5) is 14.2. The maximum Gasteiger partial charge on any atom is 0.253 e. The quantitative estimate of drug-likeness (QED) is 0.912. The van der Waals surface area contributed by atoms with Crippen LogP contribution in [0.2, 0.25) is 0 Å². The largest absolute Gasteiger partial charge is 0.337 e. The minimum Gasteiger partial charge on any atom is -0.337 e. The van der Waals surface area contributed by atoms with Gasteiger partial charge in [-0.05, 0) is 50.6 Å². The minimum absolute atomic E-state index is 0.0582. The van der Waals surface area contributed by atoms with Crippen molar-refractivity contribution >= 4 is 5.91 Å². The van der Waals surface area contributed by atoms with E-state index in [0.717, 1.165) is 30.0 Å². The molecule has 5 heteroatoms. The van der Waals surface area contributed by atoms with Gasteiger partial charge in [0.05, 0.1) is 11.4 Å². The van der Waals surface area contributed by atoms with E-state index in [4.69, 9.17) is 5.73 Å². The fourth-order valence-corrected chi connectivity index (χ4v) is 2.79. The summed E-state index contributed by atoms with van der Waals surface area (Å²) in [5, 5.41) is 4.45. The summed E-state index contributed by atoms with van der Waals surface area (Å²) in [6.07, 6.45) is 0.885. The van der Waals surface area contributed by atoms with Crippen LogP contribution in [0.5, 0.6) is 0 Å². The third-order valence-corrected chi connectivity index (χ3v) is 3.88. The topological polar surface area (TPSA) is 64.2 Å². The van der Waals surface area contributed by atoms with E-state index < -0.39 is 0 Å². The van der Waals surface area contributed by atoms with Gasteiger partial charge in [0.2, 0.25) is 0 Å². The van der Waals surface area contributed by atoms with E-state index in [1.165, 1.54) is 0 Å². The van der Waals surface area contributed by atoms with E-state index in [2.05, 4.69) is 5.10 Å². The summed E-state index contributed by atoms with van der Waals surface area (Å²) in [5.41, 5.74) is 9.59. The molecule has 0 bridgehead atoms. The molecular weight excluding hydrogens is 264 g/mol. The Labute approximate surface area is 124 Å². The molecule has 0 unspecified atom stereocenters. The highest BCUT2D eigenvalue weighted by Crippen LogP contribution is 2.16. The average Bonchev–Trinajstić information content (AvgIpc) is 3.04. The second-order valence-electron chi connectivity index (χ2n) is 5.69. The van der Waals surface area contributed by atoms with Crippen LogP contribution in [0.15, 0.2) is 30.3 Å². The number of carbonyl (C=O) groups excluding carboxylic acids is 1. The molecule has 1 atom stereocenters. The number of rotatable bonds is 2. The normalized spacial score (nSPS) is 18.2. The second kappa shape index (κ2) is 5.33. The summed E-state index contributed by atoms with van der Waals surface area (Å²) in [5.74, 6) is 0.0582. The molecule has 1 amide bonds. The van der Waals surface area contributed by atoms with Gasteiger partial charge in [0.15, 0.2) is 0 Å². The van der Waals surface area contributed by atoms with E-state index in [9.17, 15) is 4.79 Å². The van der Waals surface area contributed by atoms with Crippen LogP contribution < -0.4 is 5.73 Å². The molecule has 2 heterocycles. The first-order valence-corrected chi connectivity index (χ1v) is 7.23. The van der Waals surface area contributed by atoms with Crippen molar-refractivity contribution in [1.82, 2.24) is 14.7 Å². The summed E-state index contributed by atoms with van der Waals surface area (Å²) < 4.78 is 1.88. The first-order valence-electron chi connectivity index (χ1n) is 7.23. The standard InChI is InChI=1S/C16H20N4O/c1-11-9-12(2)20(18-11)15-5-3-13(4-6-15)16(21)19-8-7-14(17)10-19/h3-6,9,14H,7-8,10,17H2,1-2H3/t14-/m1/s1. The molecule has 1 saturated heterocycles. The summed E-state index contributed by atoms with van der Waals surface area (Å²) in [7, 11) is 0. The molecule has 2 aromatic rings. The SMILES string of the molecule is Cc1cc(C)n(-c2ccc(C(=O)N3CC[C@@H](N)C3)cc2)n1. The number of carbonyl (C=O) groups is 1. The van der Waals surface area contributed by atoms with Crippen molar-refractivity contribution in [1.29, 1.82) is 0 Å². The molecule has 0 radical (unpaired) electrons. The molecule has 1 fully saturated rings. The third-order valence-electron chi connectivity index (χ3n) is 3.88. The molecule has 1 aromatic carbocycles. The number of nitrogens with two attached hydrogens (primary N) is 1. The van der Waals surface area contributed by atoms with Gasteiger partial charge in [0.1, 0.15) is 0 Å². The number of benzene rings is 1. The Morgan fingerprint density at radius 3 is 2.52 bits per heavy atom. The number of amides is 1. The highest BCUT2D eigenvalue weighted by Gasteiger charge is 2.24. The van der Waals surface area contributed by atoms with Crippen LogP contribution in [0.3, 0.4) is 0 Å². The lowest BCUT2D eigenvalue weighted by molar-refractivity contribution is 0.0791. The highest BCUT2D eigenvalue weighted by atomic mass is 16.2. The fourth-order valence-electron chi connectivity index (χ4n) is 2.79. The van der Waals surface area contributed by atoms with Crippen molar-refractivity contribution in [2.45, 2.75) is 26.3 Å². The first-order chi connectivity index (χ1) is 10.0. The van der Waals surface area contributed by atoms with Gasteiger partial charge in [-0.3, -0.25) is 4.79 Å². The van der Waals surface area contributed by atoms with E-state index in [1.807, 2.05) is 53.8 Å². The summed E-state index contributed by atoms with van der Waals surface area (Å²) in [6.45, 7) is 5.39. The minimum atomic E-state index is 0.0582. The molecule has 110 valence electrons. The maximum atomic E-state index is 12.4. The smallest absolute Gasteiger partial charge is 0.253 e. The fraction of sp³-hybridized carbons (Fsp3) is 0.375. The Bertz CT molecular complexity index is 659. The molecule has 1 aromatic heterocycles. The Balaban J connectivity index is 1.81. The van der Waals surface area contributed by atoms with Gasteiger partial charge in [-0.1, -0.05) is 0 Å². The molecule has 0 saturated carbocycles. The van der Waals surface area contributed by atoms with Crippen molar-refractivity contribution in [3.8, 4) is 5.69 Å². The Kier molecular flexibility index (Phi) is 3.51. The number of likely N-dealkylation sites (tertiary alicyclic amines) is 1. The highest BCUT2D eigenvalue weighted by molar-refractivity contribution is 5.94. The number of aryl methyl sites for hydroxylation is 2. The summed E-state index contributed by atoms with van der Waals surface area (Å²) in [6, 6.07) is 9.73. The lowest BCUT2D eigenvalue weighted by atomic mass is 10.2. The zero-order valence-corrected chi connectivity index (χ0v) is 12.4. The van der Waals surface area contributed by atoms with E-state index in [1.54, 1.807) is 0 Å². The lowest BCUT2D eigenvalue weighted by Gasteiger charge is -2.16. The number of nitrogens with zero attached hydrogens (tertiary/aromatic N) is 3. The molecule has 5 nitrogen and oxygen atoms in total. The van der Waals surface area contributed by atoms with Crippen molar-refractivity contribution < 1.29 is 4.79 Å². The molecule has 3 rings (SSSR count). The van der Waals surface area contributed by atoms with Crippen LogP contribution in [-0.4, -0.2) is 39.7 Å². The molecule has 0 spiro atoms. The number of hydrogen-bond donors (Lipinski definition) is 1. The predicted octanol–water partition coefficient (Wildman–Crippen LogP) is 1.66. The first kappa shape index (κ1) is 13.8. The second-order valence-corrected chi connectivity index (χ2v) is 5.69. The van der Waals surface area contributed by atoms with Gasteiger partial charge < -0.3 is 10.6 Å². The lowest BCUT2D eigenvalue weighted by Crippen LogP contribution is -2.31. The molecule has 0 aliphatic carbocycles. The van der Waals surface area contributed by atoms with E-state index in [-0.39, 0.29) is 11.9 Å². The zero-order chi connectivity index (χ0) is 15.0. The Morgan fingerprint density at radius 2 is 2.00 bits per heavy atom. The number of aromatic nitrogens is 2. The molecule has 21 heavy (non-hydrogen) atoms. The third kappa shape index (κ3) is 2.69. The molecule has 2 N–H and O–H groups in total. The van der Waals surface area contributed by atoms with Crippen molar-refractivity contribution in [2.75, 3.05) is 13.1 Å². The molecule has 1 aliphatic rings. The molecular formula is C16H20N4O. The number of hydrogen-bond acceptors (Lipinski definition) is 3. The van der Waals surface area contributed by atoms with Gasteiger partial charge in [-0.15, -0.1) is 0 Å². The Morgan fingerprint density at radius 1 is 1.29 bits per heavy atom. The Hall–Kier alpha value is -2.14. The van der Waals surface area contributed by atoms with Crippen LogP contribution >= 0.6 is 0 Å². The van der Waals surface area contributed by atoms with Gasteiger partial charge in [-0.2, -0.15) is 5.10 Å². The van der Waals surface area contributed by atoms with Crippen LogP contribution in [0.1, 0.15) is 28.2 Å². The van der Waals surface area contributed by atoms with Gasteiger partial charge >= 0.3 is 0 Å². The van der Waals surface area contributed by atoms with Gasteiger partial charge in [0.25, 0.3) is 5.91 Å². The van der Waals surface area contributed by atoms with Crippen LogP contribution in [0, 0.1) is 13.8 Å². The summed E-state index contributed by atoms with van der Waals surface area (Å²) >= 11 is 0. The van der Waals surface area contributed by atoms with Gasteiger partial charge in [0, 0.05) is 30.4 Å². The maximum absolute atomic E-state index is 12.4. The predicted molar refractivity (Wildman–Crippen MR) is 81.5 cm³/mol. The van der Waals surface area contributed by atoms with Gasteiger partial charge in [-0.25, -0.2) is 4.68 Å².